The second-order valence-electron chi connectivity index (χ2n) is 6.44. The molecule has 24 heavy (non-hydrogen) atoms. The molecule has 1 aliphatic carbocycles. The Morgan fingerprint density at radius 2 is 1.92 bits per heavy atom. The zero-order valence-corrected chi connectivity index (χ0v) is 14.8. The van der Waals surface area contributed by atoms with Crippen LogP contribution in [0.5, 0.6) is 0 Å². The summed E-state index contributed by atoms with van der Waals surface area (Å²) in [5.74, 6) is 0.507. The summed E-state index contributed by atoms with van der Waals surface area (Å²) in [6.07, 6.45) is 6.71. The molecule has 2 aliphatic rings. The Labute approximate surface area is 146 Å². The molecule has 0 spiro atoms. The average molecular weight is 351 g/mol. The molecule has 3 rings (SSSR count). The second kappa shape index (κ2) is 8.16. The van der Waals surface area contributed by atoms with Crippen LogP contribution in [-0.4, -0.2) is 50.9 Å². The summed E-state index contributed by atoms with van der Waals surface area (Å²) in [7, 11) is 0. The van der Waals surface area contributed by atoms with Gasteiger partial charge in [-0.15, -0.1) is 0 Å². The molecule has 1 aliphatic heterocycles. The van der Waals surface area contributed by atoms with Gasteiger partial charge < -0.3 is 10.0 Å². The molecular formula is C17H25N3O3S. The minimum absolute atomic E-state index is 0.0715. The van der Waals surface area contributed by atoms with E-state index < -0.39 is 0 Å². The van der Waals surface area contributed by atoms with Gasteiger partial charge in [-0.25, -0.2) is 4.79 Å². The molecule has 0 bridgehead atoms. The average Bonchev–Trinajstić information content (AvgIpc) is 3.13. The minimum atomic E-state index is -0.250. The first-order chi connectivity index (χ1) is 11.7. The standard InChI is InChI=1S/C17H25N3O3S/c21-11-5-10-20-14-7-2-1-6-13(14)16(18-17(20)23)24-12-15(22)19-8-3-4-9-19/h21H,1-12H2. The number of rotatable bonds is 6. The maximum absolute atomic E-state index is 12.4. The Kier molecular flexibility index (Phi) is 5.94. The van der Waals surface area contributed by atoms with Gasteiger partial charge in [0.2, 0.25) is 5.91 Å². The van der Waals surface area contributed by atoms with Gasteiger partial charge in [-0.2, -0.15) is 4.98 Å². The number of hydrogen-bond donors (Lipinski definition) is 1. The zero-order valence-electron chi connectivity index (χ0n) is 14.0. The van der Waals surface area contributed by atoms with E-state index in [1.165, 1.54) is 11.8 Å². The van der Waals surface area contributed by atoms with Crippen molar-refractivity contribution >= 4 is 17.7 Å². The van der Waals surface area contributed by atoms with Gasteiger partial charge in [0.15, 0.2) is 0 Å². The van der Waals surface area contributed by atoms with E-state index in [-0.39, 0.29) is 18.2 Å². The third-order valence-corrected chi connectivity index (χ3v) is 5.78. The minimum Gasteiger partial charge on any atom is -0.396 e. The smallest absolute Gasteiger partial charge is 0.348 e. The van der Waals surface area contributed by atoms with Crippen molar-refractivity contribution in [2.24, 2.45) is 0 Å². The van der Waals surface area contributed by atoms with Crippen molar-refractivity contribution in [2.75, 3.05) is 25.4 Å². The maximum Gasteiger partial charge on any atom is 0.348 e. The van der Waals surface area contributed by atoms with Crippen molar-refractivity contribution in [3.63, 3.8) is 0 Å². The first-order valence-electron chi connectivity index (χ1n) is 8.84. The Balaban J connectivity index is 1.78. The monoisotopic (exact) mass is 351 g/mol. The van der Waals surface area contributed by atoms with Gasteiger partial charge in [0.25, 0.3) is 0 Å². The summed E-state index contributed by atoms with van der Waals surface area (Å²) in [4.78, 5) is 30.8. The SMILES string of the molecule is O=C(CSc1nc(=O)n(CCCO)c2c1CCCC2)N1CCCC1. The Bertz CT molecular complexity index is 653. The predicted octanol–water partition coefficient (Wildman–Crippen LogP) is 1.22. The fourth-order valence-electron chi connectivity index (χ4n) is 3.51. The van der Waals surface area contributed by atoms with Crippen LogP contribution in [0.15, 0.2) is 9.82 Å². The van der Waals surface area contributed by atoms with Crippen LogP contribution >= 0.6 is 11.8 Å². The Hall–Kier alpha value is -1.34. The third-order valence-electron chi connectivity index (χ3n) is 4.78. The lowest BCUT2D eigenvalue weighted by atomic mass is 9.97. The molecule has 0 aromatic carbocycles. The van der Waals surface area contributed by atoms with Crippen molar-refractivity contribution in [1.29, 1.82) is 0 Å². The number of aliphatic hydroxyl groups is 1. The van der Waals surface area contributed by atoms with Crippen molar-refractivity contribution in [2.45, 2.75) is 56.5 Å². The van der Waals surface area contributed by atoms with Crippen molar-refractivity contribution in [1.82, 2.24) is 14.5 Å². The quantitative estimate of drug-likeness (QED) is 0.616. The van der Waals surface area contributed by atoms with Gasteiger partial charge in [-0.3, -0.25) is 9.36 Å². The van der Waals surface area contributed by atoms with E-state index >= 15 is 0 Å². The van der Waals surface area contributed by atoms with E-state index in [9.17, 15) is 9.59 Å². The van der Waals surface area contributed by atoms with Gasteiger partial charge in [-0.1, -0.05) is 11.8 Å². The molecular weight excluding hydrogens is 326 g/mol. The molecule has 1 aromatic heterocycles. The van der Waals surface area contributed by atoms with E-state index in [0.717, 1.165) is 67.9 Å². The van der Waals surface area contributed by atoms with Gasteiger partial charge in [0.1, 0.15) is 5.03 Å². The first kappa shape index (κ1) is 17.5. The van der Waals surface area contributed by atoms with Crippen LogP contribution in [0.25, 0.3) is 0 Å². The Morgan fingerprint density at radius 1 is 1.17 bits per heavy atom. The number of aromatic nitrogens is 2. The molecule has 2 heterocycles. The molecule has 1 N–H and O–H groups in total. The molecule has 1 amide bonds. The number of thioether (sulfide) groups is 1. The van der Waals surface area contributed by atoms with Crippen molar-refractivity contribution < 1.29 is 9.90 Å². The first-order valence-corrected chi connectivity index (χ1v) is 9.83. The summed E-state index contributed by atoms with van der Waals surface area (Å²) in [5, 5.41) is 9.78. The van der Waals surface area contributed by atoms with Crippen LogP contribution in [0.1, 0.15) is 43.4 Å². The fraction of sp³-hybridized carbons (Fsp3) is 0.706. The third kappa shape index (κ3) is 3.83. The van der Waals surface area contributed by atoms with E-state index in [4.69, 9.17) is 5.11 Å². The highest BCUT2D eigenvalue weighted by Gasteiger charge is 2.22. The molecule has 132 valence electrons. The highest BCUT2D eigenvalue weighted by Crippen LogP contribution is 2.28. The van der Waals surface area contributed by atoms with E-state index in [1.54, 1.807) is 4.57 Å². The molecule has 1 fully saturated rings. The highest BCUT2D eigenvalue weighted by atomic mass is 32.2. The van der Waals surface area contributed by atoms with Crippen LogP contribution in [0.4, 0.5) is 0 Å². The number of amides is 1. The van der Waals surface area contributed by atoms with Crippen LogP contribution in [-0.2, 0) is 24.2 Å². The lowest BCUT2D eigenvalue weighted by molar-refractivity contribution is -0.127. The molecule has 0 radical (unpaired) electrons. The molecule has 6 nitrogen and oxygen atoms in total. The maximum atomic E-state index is 12.4. The second-order valence-corrected chi connectivity index (χ2v) is 7.40. The topological polar surface area (TPSA) is 75.4 Å². The Morgan fingerprint density at radius 3 is 2.67 bits per heavy atom. The number of carbonyl (C=O) groups excluding carboxylic acids is 1. The zero-order chi connectivity index (χ0) is 16.9. The van der Waals surface area contributed by atoms with Gasteiger partial charge in [-0.05, 0) is 44.9 Å². The molecule has 1 aromatic rings. The number of hydrogen-bond acceptors (Lipinski definition) is 5. The van der Waals surface area contributed by atoms with E-state index in [1.807, 2.05) is 4.90 Å². The molecule has 7 heteroatoms. The summed E-state index contributed by atoms with van der Waals surface area (Å²) < 4.78 is 1.72. The molecule has 0 atom stereocenters. The number of aliphatic hydroxyl groups excluding tert-OH is 1. The molecule has 0 unspecified atom stereocenters. The summed E-state index contributed by atoms with van der Waals surface area (Å²) in [5.41, 5.74) is 1.95. The fourth-order valence-corrected chi connectivity index (χ4v) is 4.49. The van der Waals surface area contributed by atoms with Gasteiger partial charge >= 0.3 is 5.69 Å². The summed E-state index contributed by atoms with van der Waals surface area (Å²) >= 11 is 1.41. The van der Waals surface area contributed by atoms with Crippen LogP contribution in [0.2, 0.25) is 0 Å². The molecule has 1 saturated heterocycles. The number of fused-ring (bicyclic) bond motifs is 1. The summed E-state index contributed by atoms with van der Waals surface area (Å²) in [6, 6.07) is 0. The van der Waals surface area contributed by atoms with Crippen LogP contribution in [0, 0.1) is 0 Å². The predicted molar refractivity (Wildman–Crippen MR) is 93.4 cm³/mol. The van der Waals surface area contributed by atoms with Crippen LogP contribution in [0.3, 0.4) is 0 Å². The largest absolute Gasteiger partial charge is 0.396 e. The van der Waals surface area contributed by atoms with Crippen molar-refractivity contribution in [3.05, 3.63) is 21.7 Å². The van der Waals surface area contributed by atoms with Crippen molar-refractivity contribution in [3.8, 4) is 0 Å². The van der Waals surface area contributed by atoms with Gasteiger partial charge in [0, 0.05) is 37.5 Å². The van der Waals surface area contributed by atoms with E-state index in [0.29, 0.717) is 18.7 Å². The highest BCUT2D eigenvalue weighted by molar-refractivity contribution is 7.99. The van der Waals surface area contributed by atoms with Gasteiger partial charge in [0.05, 0.1) is 5.75 Å². The molecule has 0 saturated carbocycles. The summed E-state index contributed by atoms with van der Waals surface area (Å²) in [6.45, 7) is 2.30. The number of nitrogens with zero attached hydrogens (tertiary/aromatic N) is 3. The normalized spacial score (nSPS) is 17.1. The lowest BCUT2D eigenvalue weighted by Gasteiger charge is -2.23. The lowest BCUT2D eigenvalue weighted by Crippen LogP contribution is -2.31. The number of likely N-dealkylation sites (tertiary alicyclic amines) is 1. The van der Waals surface area contributed by atoms with Crippen LogP contribution < -0.4 is 5.69 Å². The number of carbonyl (C=O) groups is 1. The van der Waals surface area contributed by atoms with E-state index in [2.05, 4.69) is 4.98 Å².